The summed E-state index contributed by atoms with van der Waals surface area (Å²) in [5.41, 5.74) is 6.69. The first-order valence-corrected chi connectivity index (χ1v) is 6.87. The van der Waals surface area contributed by atoms with E-state index < -0.39 is 0 Å². The molecule has 0 aliphatic carbocycles. The molecule has 1 heterocycles. The molecule has 5 heteroatoms. The molecular weight excluding hydrogens is 294 g/mol. The first kappa shape index (κ1) is 13.4. The molecule has 4 nitrogen and oxygen atoms in total. The number of carbonyl (C=O) groups excluding carboxylic acids is 1. The standard InChI is InChI=1S/C13H18BrN3O/c1-16-12(5-6-15)8-17(9-13(16)18)11-4-2-3-10(14)7-11/h2-4,7,12H,5-6,8-9,15H2,1H3. The van der Waals surface area contributed by atoms with E-state index in [9.17, 15) is 4.79 Å². The van der Waals surface area contributed by atoms with E-state index in [2.05, 4.69) is 20.8 Å². The van der Waals surface area contributed by atoms with Crippen LogP contribution in [0.4, 0.5) is 5.69 Å². The molecule has 1 aromatic carbocycles. The van der Waals surface area contributed by atoms with Crippen LogP contribution in [0.3, 0.4) is 0 Å². The molecule has 18 heavy (non-hydrogen) atoms. The van der Waals surface area contributed by atoms with Crippen molar-refractivity contribution in [2.24, 2.45) is 5.73 Å². The number of halogens is 1. The van der Waals surface area contributed by atoms with Gasteiger partial charge in [-0.25, -0.2) is 0 Å². The fraction of sp³-hybridized carbons (Fsp3) is 0.462. The van der Waals surface area contributed by atoms with Crippen molar-refractivity contribution in [2.75, 3.05) is 31.6 Å². The Morgan fingerprint density at radius 1 is 1.50 bits per heavy atom. The number of piperazine rings is 1. The third kappa shape index (κ3) is 2.84. The van der Waals surface area contributed by atoms with Gasteiger partial charge in [-0.3, -0.25) is 4.79 Å². The quantitative estimate of drug-likeness (QED) is 0.919. The Balaban J connectivity index is 2.17. The molecule has 1 aliphatic heterocycles. The summed E-state index contributed by atoms with van der Waals surface area (Å²) in [6, 6.07) is 8.25. The van der Waals surface area contributed by atoms with Crippen molar-refractivity contribution < 1.29 is 4.79 Å². The fourth-order valence-corrected chi connectivity index (χ4v) is 2.65. The second kappa shape index (κ2) is 5.71. The summed E-state index contributed by atoms with van der Waals surface area (Å²) >= 11 is 3.46. The molecule has 1 fully saturated rings. The second-order valence-corrected chi connectivity index (χ2v) is 5.51. The predicted octanol–water partition coefficient (Wildman–Crippen LogP) is 1.44. The van der Waals surface area contributed by atoms with Gasteiger partial charge >= 0.3 is 0 Å². The van der Waals surface area contributed by atoms with Crippen molar-refractivity contribution >= 4 is 27.5 Å². The SMILES string of the molecule is CN1C(=O)CN(c2cccc(Br)c2)CC1CCN. The van der Waals surface area contributed by atoms with E-state index in [1.807, 2.05) is 36.2 Å². The van der Waals surface area contributed by atoms with Gasteiger partial charge < -0.3 is 15.5 Å². The molecule has 0 aromatic heterocycles. The highest BCUT2D eigenvalue weighted by Gasteiger charge is 2.29. The van der Waals surface area contributed by atoms with Gasteiger partial charge in [0.25, 0.3) is 0 Å². The van der Waals surface area contributed by atoms with E-state index in [0.717, 1.165) is 23.1 Å². The number of rotatable bonds is 3. The van der Waals surface area contributed by atoms with Crippen LogP contribution in [0, 0.1) is 0 Å². The number of amides is 1. The zero-order chi connectivity index (χ0) is 13.1. The zero-order valence-corrected chi connectivity index (χ0v) is 12.1. The molecule has 2 N–H and O–H groups in total. The minimum atomic E-state index is 0.152. The minimum absolute atomic E-state index is 0.152. The number of likely N-dealkylation sites (N-methyl/N-ethyl adjacent to an activating group) is 1. The summed E-state index contributed by atoms with van der Waals surface area (Å²) in [5.74, 6) is 0.152. The maximum absolute atomic E-state index is 12.0. The molecule has 1 unspecified atom stereocenters. The van der Waals surface area contributed by atoms with Crippen molar-refractivity contribution in [3.63, 3.8) is 0 Å². The first-order valence-electron chi connectivity index (χ1n) is 6.08. The Morgan fingerprint density at radius 3 is 2.94 bits per heavy atom. The summed E-state index contributed by atoms with van der Waals surface area (Å²) in [6.07, 6.45) is 0.840. The molecule has 98 valence electrons. The van der Waals surface area contributed by atoms with Gasteiger partial charge in [0.15, 0.2) is 0 Å². The normalized spacial score (nSPS) is 20.4. The molecule has 1 amide bonds. The van der Waals surface area contributed by atoms with E-state index in [4.69, 9.17) is 5.73 Å². The van der Waals surface area contributed by atoms with E-state index in [1.165, 1.54) is 0 Å². The van der Waals surface area contributed by atoms with Crippen LogP contribution in [0.25, 0.3) is 0 Å². The van der Waals surface area contributed by atoms with Crippen molar-refractivity contribution in [1.29, 1.82) is 0 Å². The lowest BCUT2D eigenvalue weighted by molar-refractivity contribution is -0.132. The average Bonchev–Trinajstić information content (AvgIpc) is 2.35. The first-order chi connectivity index (χ1) is 8.61. The number of hydrogen-bond donors (Lipinski definition) is 1. The molecule has 1 saturated heterocycles. The van der Waals surface area contributed by atoms with Crippen LogP contribution in [-0.4, -0.2) is 43.5 Å². The van der Waals surface area contributed by atoms with Crippen LogP contribution >= 0.6 is 15.9 Å². The molecule has 0 saturated carbocycles. The Hall–Kier alpha value is -1.07. The topological polar surface area (TPSA) is 49.6 Å². The fourth-order valence-electron chi connectivity index (χ4n) is 2.27. The summed E-state index contributed by atoms with van der Waals surface area (Å²) in [6.45, 7) is 1.89. The Morgan fingerprint density at radius 2 is 2.28 bits per heavy atom. The maximum Gasteiger partial charge on any atom is 0.242 e. The van der Waals surface area contributed by atoms with Gasteiger partial charge in [-0.05, 0) is 31.2 Å². The number of nitrogens with two attached hydrogens (primary N) is 1. The van der Waals surface area contributed by atoms with E-state index in [1.54, 1.807) is 0 Å². The molecule has 2 rings (SSSR count). The zero-order valence-electron chi connectivity index (χ0n) is 10.5. The molecular formula is C13H18BrN3O. The van der Waals surface area contributed by atoms with Crippen LogP contribution in [0.2, 0.25) is 0 Å². The summed E-state index contributed by atoms with van der Waals surface area (Å²) in [5, 5.41) is 0. The Labute approximate surface area is 116 Å². The van der Waals surface area contributed by atoms with E-state index in [-0.39, 0.29) is 11.9 Å². The van der Waals surface area contributed by atoms with Crippen LogP contribution in [0.1, 0.15) is 6.42 Å². The molecule has 1 aliphatic rings. The molecule has 0 spiro atoms. The third-order valence-electron chi connectivity index (χ3n) is 3.37. The average molecular weight is 312 g/mol. The van der Waals surface area contributed by atoms with Gasteiger partial charge in [0.05, 0.1) is 12.6 Å². The number of hydrogen-bond acceptors (Lipinski definition) is 3. The van der Waals surface area contributed by atoms with Crippen molar-refractivity contribution in [2.45, 2.75) is 12.5 Å². The highest BCUT2D eigenvalue weighted by molar-refractivity contribution is 9.10. The van der Waals surface area contributed by atoms with Crippen molar-refractivity contribution in [1.82, 2.24) is 4.90 Å². The Kier molecular flexibility index (Phi) is 4.24. The highest BCUT2D eigenvalue weighted by atomic mass is 79.9. The summed E-state index contributed by atoms with van der Waals surface area (Å²) in [4.78, 5) is 15.9. The van der Waals surface area contributed by atoms with E-state index in [0.29, 0.717) is 13.1 Å². The monoisotopic (exact) mass is 311 g/mol. The molecule has 0 radical (unpaired) electrons. The van der Waals surface area contributed by atoms with E-state index >= 15 is 0 Å². The summed E-state index contributed by atoms with van der Waals surface area (Å²) < 4.78 is 1.03. The van der Waals surface area contributed by atoms with Crippen LogP contribution in [-0.2, 0) is 4.79 Å². The van der Waals surface area contributed by atoms with Gasteiger partial charge in [-0.2, -0.15) is 0 Å². The lowest BCUT2D eigenvalue weighted by atomic mass is 10.1. The number of benzene rings is 1. The van der Waals surface area contributed by atoms with Crippen LogP contribution in [0.15, 0.2) is 28.7 Å². The van der Waals surface area contributed by atoms with Gasteiger partial charge in [-0.15, -0.1) is 0 Å². The van der Waals surface area contributed by atoms with Gasteiger partial charge in [0, 0.05) is 23.8 Å². The summed E-state index contributed by atoms with van der Waals surface area (Å²) in [7, 11) is 1.86. The maximum atomic E-state index is 12.0. The van der Waals surface area contributed by atoms with Gasteiger partial charge in [0.1, 0.15) is 0 Å². The largest absolute Gasteiger partial charge is 0.360 e. The van der Waals surface area contributed by atoms with Crippen LogP contribution < -0.4 is 10.6 Å². The Bertz CT molecular complexity index is 438. The van der Waals surface area contributed by atoms with Gasteiger partial charge in [-0.1, -0.05) is 22.0 Å². The molecule has 1 atom stereocenters. The number of anilines is 1. The highest BCUT2D eigenvalue weighted by Crippen LogP contribution is 2.23. The van der Waals surface area contributed by atoms with Crippen LogP contribution in [0.5, 0.6) is 0 Å². The third-order valence-corrected chi connectivity index (χ3v) is 3.86. The lowest BCUT2D eigenvalue weighted by Crippen LogP contribution is -2.55. The predicted molar refractivity (Wildman–Crippen MR) is 76.6 cm³/mol. The van der Waals surface area contributed by atoms with Gasteiger partial charge in [0.2, 0.25) is 5.91 Å². The minimum Gasteiger partial charge on any atom is -0.360 e. The number of carbonyl (C=O) groups is 1. The molecule has 0 bridgehead atoms. The number of nitrogens with zero attached hydrogens (tertiary/aromatic N) is 2. The lowest BCUT2D eigenvalue weighted by Gasteiger charge is -2.40. The molecule has 1 aromatic rings. The smallest absolute Gasteiger partial charge is 0.242 e. The van der Waals surface area contributed by atoms with Crippen molar-refractivity contribution in [3.05, 3.63) is 28.7 Å². The van der Waals surface area contributed by atoms with Crippen molar-refractivity contribution in [3.8, 4) is 0 Å². The second-order valence-electron chi connectivity index (χ2n) is 4.60.